The fraction of sp³-hybridized carbons (Fsp3) is 0.214. The van der Waals surface area contributed by atoms with E-state index in [0.29, 0.717) is 5.56 Å². The van der Waals surface area contributed by atoms with Gasteiger partial charge in [-0.05, 0) is 12.0 Å². The molecule has 0 radical (unpaired) electrons. The summed E-state index contributed by atoms with van der Waals surface area (Å²) in [6, 6.07) is 4.99. The van der Waals surface area contributed by atoms with E-state index >= 15 is 0 Å². The van der Waals surface area contributed by atoms with E-state index in [1.165, 1.54) is 30.7 Å². The van der Waals surface area contributed by atoms with Gasteiger partial charge in [0.05, 0.1) is 18.1 Å². The number of hydrogen-bond acceptors (Lipinski definition) is 8. The Bertz CT molecular complexity index is 776. The zero-order chi connectivity index (χ0) is 17.7. The third-order valence-corrected chi connectivity index (χ3v) is 3.80. The van der Waals surface area contributed by atoms with Crippen molar-refractivity contribution in [1.29, 1.82) is 0 Å². The Labute approximate surface area is 140 Å². The number of rotatable bonds is 6. The Morgan fingerprint density at radius 1 is 1.50 bits per heavy atom. The Morgan fingerprint density at radius 3 is 2.92 bits per heavy atom. The zero-order valence-electron chi connectivity index (χ0n) is 12.6. The predicted molar refractivity (Wildman–Crippen MR) is 86.9 cm³/mol. The Balaban J connectivity index is 1.99. The van der Waals surface area contributed by atoms with Gasteiger partial charge in [0.25, 0.3) is 5.69 Å². The first-order valence-corrected chi connectivity index (χ1v) is 7.62. The van der Waals surface area contributed by atoms with Crippen LogP contribution in [0.5, 0.6) is 0 Å². The average Bonchev–Trinajstić information content (AvgIpc) is 3.02. The van der Waals surface area contributed by atoms with E-state index in [2.05, 4.69) is 15.0 Å². The van der Waals surface area contributed by atoms with Gasteiger partial charge in [0, 0.05) is 17.5 Å². The molecule has 0 spiro atoms. The summed E-state index contributed by atoms with van der Waals surface area (Å²) in [5.74, 6) is -1.11. The van der Waals surface area contributed by atoms with Gasteiger partial charge in [-0.15, -0.1) is 11.3 Å². The van der Waals surface area contributed by atoms with Crippen LogP contribution >= 0.6 is 11.3 Å². The van der Waals surface area contributed by atoms with Crippen molar-refractivity contribution in [2.24, 2.45) is 5.73 Å². The van der Waals surface area contributed by atoms with Gasteiger partial charge in [-0.1, -0.05) is 12.1 Å². The molecule has 0 fully saturated rings. The number of esters is 1. The summed E-state index contributed by atoms with van der Waals surface area (Å²) < 4.78 is 4.52. The number of carbonyl (C=O) groups excluding carboxylic acids is 2. The van der Waals surface area contributed by atoms with Crippen molar-refractivity contribution in [3.63, 3.8) is 0 Å². The summed E-state index contributed by atoms with van der Waals surface area (Å²) in [5.41, 5.74) is 6.41. The van der Waals surface area contributed by atoms with Crippen molar-refractivity contribution in [1.82, 2.24) is 4.98 Å². The van der Waals surface area contributed by atoms with Crippen LogP contribution in [0.25, 0.3) is 0 Å². The number of nitrogens with zero attached hydrogens (tertiary/aromatic N) is 2. The normalized spacial score (nSPS) is 11.6. The fourth-order valence-electron chi connectivity index (χ4n) is 1.87. The van der Waals surface area contributed by atoms with E-state index in [4.69, 9.17) is 5.73 Å². The number of carbonyl (C=O) groups is 2. The van der Waals surface area contributed by atoms with Crippen LogP contribution in [0.3, 0.4) is 0 Å². The molecule has 1 atom stereocenters. The summed E-state index contributed by atoms with van der Waals surface area (Å²) in [5, 5.41) is 14.9. The molecule has 1 unspecified atom stereocenters. The maximum Gasteiger partial charge on any atom is 0.357 e. The second-order valence-corrected chi connectivity index (χ2v) is 5.61. The highest BCUT2D eigenvalue weighted by molar-refractivity contribution is 7.14. The van der Waals surface area contributed by atoms with E-state index in [0.717, 1.165) is 11.3 Å². The zero-order valence-corrected chi connectivity index (χ0v) is 13.4. The van der Waals surface area contributed by atoms with Crippen LogP contribution in [0, 0.1) is 10.1 Å². The predicted octanol–water partition coefficient (Wildman–Crippen LogP) is 1.35. The highest BCUT2D eigenvalue weighted by Crippen LogP contribution is 2.17. The molecule has 0 aliphatic rings. The highest BCUT2D eigenvalue weighted by Gasteiger charge is 2.18. The number of ether oxygens (including phenoxy) is 1. The molecule has 0 bridgehead atoms. The first-order valence-electron chi connectivity index (χ1n) is 6.74. The molecular weight excluding hydrogens is 336 g/mol. The monoisotopic (exact) mass is 350 g/mol. The second-order valence-electron chi connectivity index (χ2n) is 4.76. The number of thiazole rings is 1. The van der Waals surface area contributed by atoms with Gasteiger partial charge in [-0.3, -0.25) is 14.9 Å². The molecule has 1 amide bonds. The molecule has 1 aromatic carbocycles. The molecule has 126 valence electrons. The van der Waals surface area contributed by atoms with Crippen LogP contribution in [0.15, 0.2) is 29.6 Å². The minimum absolute atomic E-state index is 0.0669. The number of nitrogens with two attached hydrogens (primary N) is 1. The van der Waals surface area contributed by atoms with Gasteiger partial charge in [0.1, 0.15) is 0 Å². The third kappa shape index (κ3) is 4.33. The van der Waals surface area contributed by atoms with Gasteiger partial charge in [-0.2, -0.15) is 0 Å². The summed E-state index contributed by atoms with van der Waals surface area (Å²) in [4.78, 5) is 37.5. The molecule has 24 heavy (non-hydrogen) atoms. The number of aromatic nitrogens is 1. The standard InChI is InChI=1S/C14H14N4O5S/c1-23-13(20)11-7-24-14(16-11)17-12(19)10(15)6-8-3-2-4-9(5-8)18(21)22/h2-5,7,10H,6,15H2,1H3,(H,16,17,19). The summed E-state index contributed by atoms with van der Waals surface area (Å²) in [6.07, 6.45) is 0.128. The number of nitro groups is 1. The minimum Gasteiger partial charge on any atom is -0.464 e. The molecule has 0 saturated carbocycles. The van der Waals surface area contributed by atoms with Crippen LogP contribution in [-0.4, -0.2) is 34.9 Å². The number of nitrogens with one attached hydrogen (secondary N) is 1. The maximum absolute atomic E-state index is 12.1. The fourth-order valence-corrected chi connectivity index (χ4v) is 2.55. The van der Waals surface area contributed by atoms with Crippen molar-refractivity contribution in [3.05, 3.63) is 51.0 Å². The molecule has 3 N–H and O–H groups in total. The lowest BCUT2D eigenvalue weighted by atomic mass is 10.1. The number of anilines is 1. The van der Waals surface area contributed by atoms with Gasteiger partial charge in [0.2, 0.25) is 5.91 Å². The summed E-state index contributed by atoms with van der Waals surface area (Å²) in [7, 11) is 1.23. The quantitative estimate of drug-likeness (QED) is 0.455. The molecule has 2 aromatic rings. The number of benzene rings is 1. The number of methoxy groups -OCH3 is 1. The molecule has 1 heterocycles. The summed E-state index contributed by atoms with van der Waals surface area (Å²) in [6.45, 7) is 0. The lowest BCUT2D eigenvalue weighted by Crippen LogP contribution is -2.37. The number of amides is 1. The van der Waals surface area contributed by atoms with Gasteiger partial charge in [-0.25, -0.2) is 9.78 Å². The third-order valence-electron chi connectivity index (χ3n) is 3.04. The van der Waals surface area contributed by atoms with Gasteiger partial charge >= 0.3 is 5.97 Å². The van der Waals surface area contributed by atoms with Crippen molar-refractivity contribution in [3.8, 4) is 0 Å². The smallest absolute Gasteiger partial charge is 0.357 e. The van der Waals surface area contributed by atoms with E-state index in [-0.39, 0.29) is 22.9 Å². The number of hydrogen-bond donors (Lipinski definition) is 2. The van der Waals surface area contributed by atoms with Crippen LogP contribution in [0.1, 0.15) is 16.1 Å². The Hall–Kier alpha value is -2.85. The lowest BCUT2D eigenvalue weighted by Gasteiger charge is -2.10. The minimum atomic E-state index is -0.919. The highest BCUT2D eigenvalue weighted by atomic mass is 32.1. The maximum atomic E-state index is 12.1. The van der Waals surface area contributed by atoms with Crippen molar-refractivity contribution >= 4 is 34.0 Å². The van der Waals surface area contributed by atoms with Crippen molar-refractivity contribution < 1.29 is 19.2 Å². The van der Waals surface area contributed by atoms with Gasteiger partial charge < -0.3 is 15.8 Å². The molecule has 10 heteroatoms. The molecule has 0 aliphatic carbocycles. The van der Waals surface area contributed by atoms with Crippen LogP contribution in [-0.2, 0) is 16.0 Å². The average molecular weight is 350 g/mol. The first-order chi connectivity index (χ1) is 11.4. The Kier molecular flexibility index (Phi) is 5.55. The molecule has 1 aromatic heterocycles. The number of non-ortho nitro benzene ring substituents is 1. The number of nitro benzene ring substituents is 1. The first kappa shape index (κ1) is 17.5. The second kappa shape index (κ2) is 7.62. The molecule has 2 rings (SSSR count). The molecule has 0 aliphatic heterocycles. The lowest BCUT2D eigenvalue weighted by molar-refractivity contribution is -0.384. The van der Waals surface area contributed by atoms with Crippen LogP contribution < -0.4 is 11.1 Å². The Morgan fingerprint density at radius 2 is 2.25 bits per heavy atom. The molecule has 0 saturated heterocycles. The molecular formula is C14H14N4O5S. The van der Waals surface area contributed by atoms with E-state index in [1.807, 2.05) is 0 Å². The van der Waals surface area contributed by atoms with Crippen LogP contribution in [0.2, 0.25) is 0 Å². The SMILES string of the molecule is COC(=O)c1csc(NC(=O)C(N)Cc2cccc([N+](=O)[O-])c2)n1. The topological polar surface area (TPSA) is 137 Å². The van der Waals surface area contributed by atoms with Crippen LogP contribution in [0.4, 0.5) is 10.8 Å². The molecule has 9 nitrogen and oxygen atoms in total. The summed E-state index contributed by atoms with van der Waals surface area (Å²) >= 11 is 1.06. The largest absolute Gasteiger partial charge is 0.464 e. The van der Waals surface area contributed by atoms with Gasteiger partial charge in [0.15, 0.2) is 10.8 Å². The van der Waals surface area contributed by atoms with Crippen molar-refractivity contribution in [2.45, 2.75) is 12.5 Å². The van der Waals surface area contributed by atoms with E-state index in [9.17, 15) is 19.7 Å². The van der Waals surface area contributed by atoms with E-state index < -0.39 is 22.8 Å². The van der Waals surface area contributed by atoms with E-state index in [1.54, 1.807) is 6.07 Å². The van der Waals surface area contributed by atoms with Crippen molar-refractivity contribution in [2.75, 3.05) is 12.4 Å².